The molecule has 11 rings (SSSR count). The van der Waals surface area contributed by atoms with Crippen LogP contribution in [0.2, 0.25) is 0 Å². The maximum absolute atomic E-state index is 6.78. The third kappa shape index (κ3) is 4.95. The van der Waals surface area contributed by atoms with Crippen molar-refractivity contribution >= 4 is 96.2 Å². The molecule has 2 aliphatic rings. The highest BCUT2D eigenvalue weighted by molar-refractivity contribution is 7.00. The molecule has 1 aromatic heterocycles. The molecule has 0 saturated heterocycles. The molecule has 0 fully saturated rings. The lowest BCUT2D eigenvalue weighted by atomic mass is 9.33. The van der Waals surface area contributed by atoms with Gasteiger partial charge in [-0.3, -0.25) is 0 Å². The normalized spacial score (nSPS) is 12.8. The largest absolute Gasteiger partial charge is 0.454 e. The van der Waals surface area contributed by atoms with Crippen molar-refractivity contribution in [2.24, 2.45) is 0 Å². The molecule has 9 aromatic rings. The van der Waals surface area contributed by atoms with Crippen molar-refractivity contribution in [3.8, 4) is 0 Å². The van der Waals surface area contributed by atoms with E-state index in [1.165, 1.54) is 72.8 Å². The first kappa shape index (κ1) is 33.4. The predicted octanol–water partition coefficient (Wildman–Crippen LogP) is 12.4. The van der Waals surface area contributed by atoms with Crippen LogP contribution in [0.15, 0.2) is 174 Å². The van der Waals surface area contributed by atoms with E-state index in [0.29, 0.717) is 0 Å². The summed E-state index contributed by atoms with van der Waals surface area (Å²) in [7, 11) is 0. The van der Waals surface area contributed by atoms with E-state index in [1.807, 2.05) is 6.07 Å². The van der Waals surface area contributed by atoms with Gasteiger partial charge in [0.25, 0.3) is 6.71 Å². The highest BCUT2D eigenvalue weighted by atomic mass is 16.3. The molecule has 5 heteroatoms. The number of furan rings is 1. The topological polar surface area (TPSA) is 22.9 Å². The van der Waals surface area contributed by atoms with E-state index < -0.39 is 0 Å². The Labute approximate surface area is 333 Å². The summed E-state index contributed by atoms with van der Waals surface area (Å²) in [5, 5.41) is 2.21. The summed E-state index contributed by atoms with van der Waals surface area (Å²) in [6, 6.07) is 61.8. The minimum atomic E-state index is 0.0263. The van der Waals surface area contributed by atoms with E-state index in [1.54, 1.807) is 0 Å². The fourth-order valence-corrected chi connectivity index (χ4v) is 9.60. The lowest BCUT2D eigenvalue weighted by Crippen LogP contribution is -2.61. The Hall–Kier alpha value is -6.98. The zero-order chi connectivity index (χ0) is 38.4. The summed E-state index contributed by atoms with van der Waals surface area (Å²) in [5.41, 5.74) is 20.9. The molecule has 8 aromatic carbocycles. The van der Waals surface area contributed by atoms with Gasteiger partial charge in [0.05, 0.1) is 11.4 Å². The number of hydrogen-bond donors (Lipinski definition) is 0. The molecule has 0 bridgehead atoms. The number of para-hydroxylation sites is 7. The Morgan fingerprint density at radius 3 is 1.56 bits per heavy atom. The monoisotopic (exact) mass is 733 g/mol. The maximum Gasteiger partial charge on any atom is 0.252 e. The van der Waals surface area contributed by atoms with Gasteiger partial charge in [-0.25, -0.2) is 0 Å². The van der Waals surface area contributed by atoms with E-state index in [9.17, 15) is 0 Å². The summed E-state index contributed by atoms with van der Waals surface area (Å²) in [6.07, 6.45) is 0. The molecular weight excluding hydrogens is 693 g/mol. The maximum atomic E-state index is 6.78. The molecule has 0 unspecified atom stereocenters. The van der Waals surface area contributed by atoms with Gasteiger partial charge >= 0.3 is 0 Å². The molecule has 2 aliphatic heterocycles. The van der Waals surface area contributed by atoms with Crippen LogP contribution in [0.3, 0.4) is 0 Å². The molecule has 0 spiro atoms. The van der Waals surface area contributed by atoms with Gasteiger partial charge in [-0.05, 0) is 115 Å². The van der Waals surface area contributed by atoms with Gasteiger partial charge in [-0.15, -0.1) is 0 Å². The van der Waals surface area contributed by atoms with Gasteiger partial charge in [-0.2, -0.15) is 0 Å². The third-order valence-electron chi connectivity index (χ3n) is 12.1. The number of aryl methyl sites for hydroxylation is 4. The first-order chi connectivity index (χ1) is 28.0. The molecule has 0 aliphatic carbocycles. The molecule has 57 heavy (non-hydrogen) atoms. The summed E-state index contributed by atoms with van der Waals surface area (Å²) in [6.45, 7) is 9.01. The van der Waals surface area contributed by atoms with Gasteiger partial charge in [0, 0.05) is 50.6 Å². The quantitative estimate of drug-likeness (QED) is 0.164. The van der Waals surface area contributed by atoms with Crippen molar-refractivity contribution < 1.29 is 4.42 Å². The fourth-order valence-electron chi connectivity index (χ4n) is 9.60. The van der Waals surface area contributed by atoms with Crippen LogP contribution in [0.5, 0.6) is 0 Å². The van der Waals surface area contributed by atoms with Crippen LogP contribution in [0.4, 0.5) is 51.2 Å². The van der Waals surface area contributed by atoms with Gasteiger partial charge < -0.3 is 19.1 Å². The zero-order valence-electron chi connectivity index (χ0n) is 32.5. The van der Waals surface area contributed by atoms with Crippen molar-refractivity contribution in [2.45, 2.75) is 27.7 Å². The Kier molecular flexibility index (Phi) is 7.49. The highest BCUT2D eigenvalue weighted by Crippen LogP contribution is 2.50. The number of hydrogen-bond acceptors (Lipinski definition) is 4. The van der Waals surface area contributed by atoms with Crippen LogP contribution in [-0.2, 0) is 0 Å². The van der Waals surface area contributed by atoms with Gasteiger partial charge in [0.2, 0.25) is 0 Å². The van der Waals surface area contributed by atoms with E-state index in [-0.39, 0.29) is 6.71 Å². The summed E-state index contributed by atoms with van der Waals surface area (Å²) >= 11 is 0. The van der Waals surface area contributed by atoms with Crippen LogP contribution < -0.4 is 31.1 Å². The average Bonchev–Trinajstić information content (AvgIpc) is 3.62. The van der Waals surface area contributed by atoms with Gasteiger partial charge in [0.1, 0.15) is 5.58 Å². The molecule has 0 saturated carbocycles. The smallest absolute Gasteiger partial charge is 0.252 e. The molecule has 4 nitrogen and oxygen atoms in total. The van der Waals surface area contributed by atoms with E-state index >= 15 is 0 Å². The zero-order valence-corrected chi connectivity index (χ0v) is 32.5. The first-order valence-corrected chi connectivity index (χ1v) is 19.8. The molecule has 0 atom stereocenters. The Bertz CT molecular complexity index is 2930. The minimum absolute atomic E-state index is 0.0263. The third-order valence-corrected chi connectivity index (χ3v) is 12.1. The molecule has 0 N–H and O–H groups in total. The van der Waals surface area contributed by atoms with Crippen molar-refractivity contribution in [3.63, 3.8) is 0 Å². The van der Waals surface area contributed by atoms with Crippen LogP contribution >= 0.6 is 0 Å². The van der Waals surface area contributed by atoms with E-state index in [2.05, 4.69) is 206 Å². The molecule has 0 amide bonds. The molecule has 272 valence electrons. The highest BCUT2D eigenvalue weighted by Gasteiger charge is 2.45. The summed E-state index contributed by atoms with van der Waals surface area (Å²) in [5.74, 6) is 0. The van der Waals surface area contributed by atoms with Crippen molar-refractivity contribution in [3.05, 3.63) is 192 Å². The Morgan fingerprint density at radius 1 is 0.439 bits per heavy atom. The first-order valence-electron chi connectivity index (χ1n) is 19.8. The van der Waals surface area contributed by atoms with E-state index in [0.717, 1.165) is 39.0 Å². The van der Waals surface area contributed by atoms with Crippen molar-refractivity contribution in [1.82, 2.24) is 0 Å². The second kappa shape index (κ2) is 12.8. The molecular formula is C52H40BN3O. The van der Waals surface area contributed by atoms with Crippen LogP contribution in [-0.4, -0.2) is 6.71 Å². The molecule has 3 heterocycles. The summed E-state index contributed by atoms with van der Waals surface area (Å²) < 4.78 is 6.78. The van der Waals surface area contributed by atoms with Gasteiger partial charge in [0.15, 0.2) is 5.58 Å². The Morgan fingerprint density at radius 2 is 0.947 bits per heavy atom. The lowest BCUT2D eigenvalue weighted by Gasteiger charge is -2.46. The second-order valence-electron chi connectivity index (χ2n) is 15.5. The standard InChI is InChI=1S/C52H40BN3O/c1-33-17-8-11-27-43(33)55-46-31-38(54(37-21-6-5-7-22-37)45-29-16-24-40-39-23-10-13-30-48(39)57-52(40)45)32-47-49(46)53(41-25-14-19-35(3)50(41)55)42-26-15-20-36(4)51(42)56(47)44-28-12-9-18-34(44)2/h5-32H,1-4H3. The number of rotatable bonds is 5. The van der Waals surface area contributed by atoms with Crippen molar-refractivity contribution in [1.29, 1.82) is 0 Å². The number of fused-ring (bicyclic) bond motifs is 7. The number of benzene rings is 8. The SMILES string of the molecule is Cc1ccccc1N1c2cc(N(c3ccccc3)c3cccc4c3oc3ccccc34)cc3c2B(c2cccc(C)c21)c1cccc(C)c1N3c1ccccc1C. The number of anilines is 9. The van der Waals surface area contributed by atoms with E-state index in [4.69, 9.17) is 4.42 Å². The van der Waals surface area contributed by atoms with Gasteiger partial charge in [-0.1, -0.05) is 121 Å². The molecule has 0 radical (unpaired) electrons. The minimum Gasteiger partial charge on any atom is -0.454 e. The predicted molar refractivity (Wildman–Crippen MR) is 241 cm³/mol. The van der Waals surface area contributed by atoms with Crippen LogP contribution in [0, 0.1) is 27.7 Å². The second-order valence-corrected chi connectivity index (χ2v) is 15.5. The fraction of sp³-hybridized carbons (Fsp3) is 0.0769. The summed E-state index contributed by atoms with van der Waals surface area (Å²) in [4.78, 5) is 7.48. The van der Waals surface area contributed by atoms with Crippen molar-refractivity contribution in [2.75, 3.05) is 14.7 Å². The Balaban J connectivity index is 1.30. The lowest BCUT2D eigenvalue weighted by molar-refractivity contribution is 0.669. The van der Waals surface area contributed by atoms with Crippen LogP contribution in [0.25, 0.3) is 21.9 Å². The number of nitrogens with zero attached hydrogens (tertiary/aromatic N) is 3. The average molecular weight is 734 g/mol. The van der Waals surface area contributed by atoms with Crippen LogP contribution in [0.1, 0.15) is 22.3 Å².